The second-order valence-electron chi connectivity index (χ2n) is 6.89. The molecule has 3 heterocycles. The summed E-state index contributed by atoms with van der Waals surface area (Å²) in [4.78, 5) is 21.9. The molecule has 0 N–H and O–H groups in total. The van der Waals surface area contributed by atoms with Crippen LogP contribution in [0.1, 0.15) is 29.5 Å². The van der Waals surface area contributed by atoms with E-state index in [0.29, 0.717) is 12.3 Å². The van der Waals surface area contributed by atoms with Gasteiger partial charge in [0.2, 0.25) is 0 Å². The molecular formula is C21H26ClN3O3S. The van der Waals surface area contributed by atoms with Crippen molar-refractivity contribution in [3.63, 3.8) is 0 Å². The first-order valence-electron chi connectivity index (χ1n) is 9.79. The van der Waals surface area contributed by atoms with E-state index in [-0.39, 0.29) is 18.3 Å². The third kappa shape index (κ3) is 5.17. The molecular weight excluding hydrogens is 410 g/mol. The number of anilines is 1. The molecule has 0 atom stereocenters. The van der Waals surface area contributed by atoms with Crippen LogP contribution in [-0.4, -0.2) is 55.2 Å². The van der Waals surface area contributed by atoms with Gasteiger partial charge in [-0.05, 0) is 42.7 Å². The van der Waals surface area contributed by atoms with E-state index in [1.807, 2.05) is 6.07 Å². The normalized spacial score (nSPS) is 14.7. The number of amides is 1. The topological polar surface area (TPSA) is 58.8 Å². The first kappa shape index (κ1) is 21.8. The number of aromatic nitrogens is 1. The van der Waals surface area contributed by atoms with Crippen molar-refractivity contribution in [3.05, 3.63) is 47.9 Å². The van der Waals surface area contributed by atoms with Crippen LogP contribution in [0.2, 0.25) is 0 Å². The zero-order valence-corrected chi connectivity index (χ0v) is 18.1. The summed E-state index contributed by atoms with van der Waals surface area (Å²) in [6.45, 7) is 7.16. The smallest absolute Gasteiger partial charge is 0.295 e. The number of carbonyl (C=O) groups excluding carboxylic acids is 1. The minimum Gasteiger partial charge on any atom is -0.459 e. The Labute approximate surface area is 180 Å². The van der Waals surface area contributed by atoms with Crippen molar-refractivity contribution in [2.75, 3.05) is 44.3 Å². The summed E-state index contributed by atoms with van der Waals surface area (Å²) < 4.78 is 11.9. The van der Waals surface area contributed by atoms with Gasteiger partial charge in [0.15, 0.2) is 10.9 Å². The number of rotatable bonds is 7. The largest absolute Gasteiger partial charge is 0.459 e. The number of hydrogen-bond donors (Lipinski definition) is 0. The van der Waals surface area contributed by atoms with Gasteiger partial charge < -0.3 is 9.15 Å². The Balaban J connectivity index is 0.00000240. The van der Waals surface area contributed by atoms with Crippen molar-refractivity contribution in [2.45, 2.75) is 19.8 Å². The van der Waals surface area contributed by atoms with Crippen LogP contribution in [0.4, 0.5) is 5.13 Å². The molecule has 2 aromatic heterocycles. The maximum atomic E-state index is 13.1. The van der Waals surface area contributed by atoms with Crippen molar-refractivity contribution in [2.24, 2.45) is 0 Å². The molecule has 156 valence electrons. The average molecular weight is 436 g/mol. The summed E-state index contributed by atoms with van der Waals surface area (Å²) in [5.41, 5.74) is 2.21. The second-order valence-corrected chi connectivity index (χ2v) is 7.90. The Morgan fingerprint density at radius 3 is 2.83 bits per heavy atom. The van der Waals surface area contributed by atoms with E-state index in [9.17, 15) is 4.79 Å². The molecule has 8 heteroatoms. The van der Waals surface area contributed by atoms with Crippen molar-refractivity contribution < 1.29 is 13.9 Å². The highest BCUT2D eigenvalue weighted by molar-refractivity contribution is 7.22. The molecule has 3 aromatic rings. The van der Waals surface area contributed by atoms with E-state index in [1.54, 1.807) is 28.4 Å². The molecule has 0 radical (unpaired) electrons. The highest BCUT2D eigenvalue weighted by Crippen LogP contribution is 2.31. The minimum atomic E-state index is -0.137. The molecule has 6 nitrogen and oxygen atoms in total. The number of ether oxygens (including phenoxy) is 1. The maximum Gasteiger partial charge on any atom is 0.295 e. The van der Waals surface area contributed by atoms with E-state index in [1.165, 1.54) is 11.8 Å². The van der Waals surface area contributed by atoms with Gasteiger partial charge in [0, 0.05) is 26.2 Å². The predicted octanol–water partition coefficient (Wildman–Crippen LogP) is 4.24. The van der Waals surface area contributed by atoms with Gasteiger partial charge in [-0.2, -0.15) is 0 Å². The molecule has 1 amide bonds. The lowest BCUT2D eigenvalue weighted by molar-refractivity contribution is 0.0376. The Morgan fingerprint density at radius 2 is 2.10 bits per heavy atom. The van der Waals surface area contributed by atoms with Gasteiger partial charge in [-0.25, -0.2) is 4.98 Å². The standard InChI is InChI=1S/C21H25N3O3S.ClH/c1-2-16-6-7-17-19(15-16)28-21(22-17)24(20(25)18-5-3-12-27-18)9-4-8-23-10-13-26-14-11-23;/h3,5-7,12,15H,2,4,8-11,13-14H2,1H3;1H. The van der Waals surface area contributed by atoms with Crippen LogP contribution in [0.3, 0.4) is 0 Å². The first-order valence-corrected chi connectivity index (χ1v) is 10.6. The third-order valence-corrected chi connectivity index (χ3v) is 6.06. The van der Waals surface area contributed by atoms with Crippen LogP contribution < -0.4 is 4.90 Å². The molecule has 0 spiro atoms. The summed E-state index contributed by atoms with van der Waals surface area (Å²) in [6.07, 6.45) is 3.39. The van der Waals surface area contributed by atoms with E-state index in [4.69, 9.17) is 14.1 Å². The van der Waals surface area contributed by atoms with E-state index in [2.05, 4.69) is 24.0 Å². The monoisotopic (exact) mass is 435 g/mol. The number of halogens is 1. The zero-order chi connectivity index (χ0) is 19.3. The molecule has 0 aliphatic carbocycles. The number of furan rings is 1. The van der Waals surface area contributed by atoms with Gasteiger partial charge >= 0.3 is 0 Å². The zero-order valence-electron chi connectivity index (χ0n) is 16.5. The molecule has 1 saturated heterocycles. The highest BCUT2D eigenvalue weighted by Gasteiger charge is 2.23. The van der Waals surface area contributed by atoms with Crippen LogP contribution in [0.5, 0.6) is 0 Å². The predicted molar refractivity (Wildman–Crippen MR) is 119 cm³/mol. The summed E-state index contributed by atoms with van der Waals surface area (Å²) in [6, 6.07) is 9.75. The van der Waals surface area contributed by atoms with Gasteiger partial charge in [-0.1, -0.05) is 24.3 Å². The molecule has 29 heavy (non-hydrogen) atoms. The van der Waals surface area contributed by atoms with Crippen LogP contribution in [-0.2, 0) is 11.2 Å². The molecule has 0 saturated carbocycles. The van der Waals surface area contributed by atoms with Crippen LogP contribution in [0.15, 0.2) is 41.0 Å². The minimum absolute atomic E-state index is 0. The number of carbonyl (C=O) groups is 1. The molecule has 0 bridgehead atoms. The van der Waals surface area contributed by atoms with Crippen LogP contribution in [0, 0.1) is 0 Å². The van der Waals surface area contributed by atoms with E-state index >= 15 is 0 Å². The Bertz CT molecular complexity index is 923. The summed E-state index contributed by atoms with van der Waals surface area (Å²) in [7, 11) is 0. The van der Waals surface area contributed by atoms with Crippen LogP contribution >= 0.6 is 23.7 Å². The molecule has 0 unspecified atom stereocenters. The lowest BCUT2D eigenvalue weighted by Gasteiger charge is -2.27. The number of fused-ring (bicyclic) bond motifs is 1. The number of thiazole rings is 1. The number of nitrogens with zero attached hydrogens (tertiary/aromatic N) is 3. The quantitative estimate of drug-likeness (QED) is 0.555. The van der Waals surface area contributed by atoms with Crippen molar-refractivity contribution in [3.8, 4) is 0 Å². The third-order valence-electron chi connectivity index (χ3n) is 5.02. The maximum absolute atomic E-state index is 13.1. The van der Waals surface area contributed by atoms with E-state index < -0.39 is 0 Å². The summed E-state index contributed by atoms with van der Waals surface area (Å²) in [5, 5.41) is 0.728. The number of aryl methyl sites for hydroxylation is 1. The van der Waals surface area contributed by atoms with Gasteiger partial charge in [0.05, 0.1) is 29.7 Å². The van der Waals surface area contributed by atoms with Crippen molar-refractivity contribution in [1.29, 1.82) is 0 Å². The fourth-order valence-corrected chi connectivity index (χ4v) is 4.44. The van der Waals surface area contributed by atoms with Gasteiger partial charge in [0.1, 0.15) is 0 Å². The van der Waals surface area contributed by atoms with Crippen molar-refractivity contribution >= 4 is 45.0 Å². The molecule has 1 aliphatic rings. The average Bonchev–Trinajstić information content (AvgIpc) is 3.40. The lowest BCUT2D eigenvalue weighted by atomic mass is 10.2. The number of morpholine rings is 1. The Morgan fingerprint density at radius 1 is 1.28 bits per heavy atom. The lowest BCUT2D eigenvalue weighted by Crippen LogP contribution is -2.39. The highest BCUT2D eigenvalue weighted by atomic mass is 35.5. The van der Waals surface area contributed by atoms with Gasteiger partial charge in [-0.3, -0.25) is 14.6 Å². The number of hydrogen-bond acceptors (Lipinski definition) is 6. The Hall–Kier alpha value is -1.93. The SMILES string of the molecule is CCc1ccc2nc(N(CCCN3CCOCC3)C(=O)c3ccco3)sc2c1.Cl. The van der Waals surface area contributed by atoms with Gasteiger partial charge in [-0.15, -0.1) is 12.4 Å². The fraction of sp³-hybridized carbons (Fsp3) is 0.429. The number of benzene rings is 1. The van der Waals surface area contributed by atoms with Crippen LogP contribution in [0.25, 0.3) is 10.2 Å². The molecule has 1 aromatic carbocycles. The summed E-state index contributed by atoms with van der Waals surface area (Å²) in [5.74, 6) is 0.210. The molecule has 1 fully saturated rings. The van der Waals surface area contributed by atoms with E-state index in [0.717, 1.165) is 61.0 Å². The van der Waals surface area contributed by atoms with Gasteiger partial charge in [0.25, 0.3) is 5.91 Å². The molecule has 4 rings (SSSR count). The fourth-order valence-electron chi connectivity index (χ4n) is 3.39. The molecule has 1 aliphatic heterocycles. The second kappa shape index (κ2) is 10.2. The first-order chi connectivity index (χ1) is 13.7. The van der Waals surface area contributed by atoms with Crippen molar-refractivity contribution in [1.82, 2.24) is 9.88 Å². The Kier molecular flexibility index (Phi) is 7.66. The summed E-state index contributed by atoms with van der Waals surface area (Å²) >= 11 is 1.57.